The summed E-state index contributed by atoms with van der Waals surface area (Å²) in [5.41, 5.74) is 0.940. The van der Waals surface area contributed by atoms with E-state index in [4.69, 9.17) is 4.74 Å². The lowest BCUT2D eigenvalue weighted by molar-refractivity contribution is 0.419. The first kappa shape index (κ1) is 16.6. The van der Waals surface area contributed by atoms with Crippen LogP contribution >= 0.6 is 23.5 Å². The molecule has 0 saturated carbocycles. The van der Waals surface area contributed by atoms with Gasteiger partial charge in [-0.1, -0.05) is 18.2 Å². The Bertz CT molecular complexity index is 633. The van der Waals surface area contributed by atoms with Crippen molar-refractivity contribution < 1.29 is 9.13 Å². The first-order chi connectivity index (χ1) is 11.3. The first-order valence-electron chi connectivity index (χ1n) is 7.58. The number of halogens is 1. The molecule has 0 spiro atoms. The first-order valence-corrected chi connectivity index (χ1v) is 9.89. The Morgan fingerprint density at radius 1 is 1.13 bits per heavy atom. The predicted molar refractivity (Wildman–Crippen MR) is 96.0 cm³/mol. The Hall–Kier alpha value is -1.24. The highest BCUT2D eigenvalue weighted by molar-refractivity contribution is 8.03. The van der Waals surface area contributed by atoms with Gasteiger partial charge in [-0.2, -0.15) is 23.5 Å². The molecule has 0 aliphatic carbocycles. The van der Waals surface area contributed by atoms with Crippen LogP contribution in [-0.4, -0.2) is 34.0 Å². The minimum absolute atomic E-state index is 0.202. The van der Waals surface area contributed by atoms with Crippen LogP contribution in [-0.2, 0) is 6.54 Å². The molecule has 1 aromatic heterocycles. The molecule has 2 heterocycles. The van der Waals surface area contributed by atoms with E-state index in [-0.39, 0.29) is 11.6 Å². The van der Waals surface area contributed by atoms with Crippen molar-refractivity contribution in [1.29, 1.82) is 0 Å². The van der Waals surface area contributed by atoms with Gasteiger partial charge in [-0.3, -0.25) is 0 Å². The fourth-order valence-corrected chi connectivity index (χ4v) is 4.74. The number of benzene rings is 1. The Balaban J connectivity index is 1.67. The molecular weight excluding hydrogens is 331 g/mol. The molecule has 2 aromatic rings. The normalized spacial score (nSPS) is 16.0. The minimum atomic E-state index is -0.381. The second-order valence-electron chi connectivity index (χ2n) is 5.23. The zero-order chi connectivity index (χ0) is 15.9. The van der Waals surface area contributed by atoms with Crippen molar-refractivity contribution in [2.24, 2.45) is 0 Å². The van der Waals surface area contributed by atoms with Gasteiger partial charge < -0.3 is 10.1 Å². The maximum Gasteiger partial charge on any atom is 0.223 e. The Labute approximate surface area is 144 Å². The molecule has 23 heavy (non-hydrogen) atoms. The summed E-state index contributed by atoms with van der Waals surface area (Å²) in [6.07, 6.45) is 1.66. The van der Waals surface area contributed by atoms with Crippen LogP contribution in [0.25, 0.3) is 0 Å². The lowest BCUT2D eigenvalue weighted by Gasteiger charge is -2.16. The number of hydrogen-bond donors (Lipinski definition) is 1. The number of nitrogens with one attached hydrogen (secondary N) is 1. The monoisotopic (exact) mass is 350 g/mol. The average Bonchev–Trinajstić information content (AvgIpc) is 2.85. The van der Waals surface area contributed by atoms with Crippen LogP contribution in [0, 0.1) is 5.82 Å². The molecule has 1 fully saturated rings. The number of ether oxygens (including phenoxy) is 1. The van der Waals surface area contributed by atoms with Gasteiger partial charge in [-0.15, -0.1) is 0 Å². The number of thioether (sulfide) groups is 2. The van der Waals surface area contributed by atoms with E-state index in [1.807, 2.05) is 35.7 Å². The number of aromatic nitrogens is 1. The topological polar surface area (TPSA) is 34.1 Å². The molecule has 1 aromatic carbocycles. The van der Waals surface area contributed by atoms with Crippen LogP contribution in [0.2, 0.25) is 0 Å². The molecule has 122 valence electrons. The van der Waals surface area contributed by atoms with Gasteiger partial charge in [0.05, 0.1) is 0 Å². The fourth-order valence-electron chi connectivity index (χ4n) is 2.27. The fraction of sp³-hybridized carbons (Fsp3) is 0.353. The zero-order valence-corrected chi connectivity index (χ0v) is 14.3. The summed E-state index contributed by atoms with van der Waals surface area (Å²) in [7, 11) is 0. The van der Waals surface area contributed by atoms with E-state index in [2.05, 4.69) is 10.3 Å². The third-order valence-electron chi connectivity index (χ3n) is 3.48. The molecule has 1 saturated heterocycles. The molecule has 1 aliphatic heterocycles. The van der Waals surface area contributed by atoms with Gasteiger partial charge in [0.2, 0.25) is 5.88 Å². The van der Waals surface area contributed by atoms with Crippen molar-refractivity contribution in [3.05, 3.63) is 54.0 Å². The van der Waals surface area contributed by atoms with Gasteiger partial charge in [0.1, 0.15) is 0 Å². The highest BCUT2D eigenvalue weighted by Crippen LogP contribution is 2.25. The van der Waals surface area contributed by atoms with E-state index < -0.39 is 0 Å². The van der Waals surface area contributed by atoms with Gasteiger partial charge in [0.25, 0.3) is 0 Å². The quantitative estimate of drug-likeness (QED) is 0.883. The summed E-state index contributed by atoms with van der Waals surface area (Å²) < 4.78 is 19.4. The Kier molecular flexibility index (Phi) is 6.19. The predicted octanol–water partition coefficient (Wildman–Crippen LogP) is 3.95. The second kappa shape index (κ2) is 8.57. The van der Waals surface area contributed by atoms with Crippen LogP contribution in [0.1, 0.15) is 5.56 Å². The third-order valence-corrected chi connectivity index (χ3v) is 6.00. The van der Waals surface area contributed by atoms with E-state index in [9.17, 15) is 4.39 Å². The average molecular weight is 350 g/mol. The number of pyridine rings is 1. The van der Waals surface area contributed by atoms with Gasteiger partial charge in [-0.05, 0) is 18.2 Å². The molecule has 6 heteroatoms. The molecule has 0 bridgehead atoms. The van der Waals surface area contributed by atoms with Crippen molar-refractivity contribution in [3.63, 3.8) is 0 Å². The SMILES string of the molecule is Fc1ccccc1Oc1ncccc1CNC1CSCCSC1. The van der Waals surface area contributed by atoms with Crippen molar-refractivity contribution in [3.8, 4) is 11.6 Å². The van der Waals surface area contributed by atoms with Crippen molar-refractivity contribution >= 4 is 23.5 Å². The summed E-state index contributed by atoms with van der Waals surface area (Å²) >= 11 is 3.98. The summed E-state index contributed by atoms with van der Waals surface area (Å²) in [5.74, 6) is 4.96. The van der Waals surface area contributed by atoms with Gasteiger partial charge >= 0.3 is 0 Å². The van der Waals surface area contributed by atoms with Crippen LogP contribution in [0.5, 0.6) is 11.6 Å². The highest BCUT2D eigenvalue weighted by Gasteiger charge is 2.14. The van der Waals surface area contributed by atoms with Crippen molar-refractivity contribution in [1.82, 2.24) is 10.3 Å². The number of hydrogen-bond acceptors (Lipinski definition) is 5. The van der Waals surface area contributed by atoms with Crippen molar-refractivity contribution in [2.75, 3.05) is 23.0 Å². The Morgan fingerprint density at radius 2 is 1.91 bits per heavy atom. The van der Waals surface area contributed by atoms with E-state index in [0.717, 1.165) is 17.1 Å². The maximum absolute atomic E-state index is 13.8. The van der Waals surface area contributed by atoms with Crippen LogP contribution in [0.4, 0.5) is 4.39 Å². The second-order valence-corrected chi connectivity index (χ2v) is 7.53. The molecule has 3 rings (SSSR count). The molecule has 0 unspecified atom stereocenters. The summed E-state index contributed by atoms with van der Waals surface area (Å²) in [5, 5.41) is 3.56. The molecular formula is C17H19FN2OS2. The summed E-state index contributed by atoms with van der Waals surface area (Å²) in [6, 6.07) is 10.7. The van der Waals surface area contributed by atoms with E-state index in [1.54, 1.807) is 24.4 Å². The minimum Gasteiger partial charge on any atom is -0.436 e. The highest BCUT2D eigenvalue weighted by atomic mass is 32.2. The lowest BCUT2D eigenvalue weighted by Crippen LogP contribution is -2.32. The number of rotatable bonds is 5. The largest absolute Gasteiger partial charge is 0.436 e. The summed E-state index contributed by atoms with van der Waals surface area (Å²) in [4.78, 5) is 4.26. The van der Waals surface area contributed by atoms with Gasteiger partial charge in [0.15, 0.2) is 11.6 Å². The lowest BCUT2D eigenvalue weighted by atomic mass is 10.2. The molecule has 3 nitrogen and oxygen atoms in total. The Morgan fingerprint density at radius 3 is 2.70 bits per heavy atom. The van der Waals surface area contributed by atoms with E-state index in [0.29, 0.717) is 18.5 Å². The smallest absolute Gasteiger partial charge is 0.223 e. The standard InChI is InChI=1S/C17H19FN2OS2/c18-15-5-1-2-6-16(15)21-17-13(4-3-7-19-17)10-20-14-11-22-8-9-23-12-14/h1-7,14,20H,8-12H2. The maximum atomic E-state index is 13.8. The molecule has 1 aliphatic rings. The molecule has 1 N–H and O–H groups in total. The van der Waals surface area contributed by atoms with Gasteiger partial charge in [0, 0.05) is 47.4 Å². The molecule has 0 atom stereocenters. The van der Waals surface area contributed by atoms with Crippen LogP contribution in [0.15, 0.2) is 42.6 Å². The summed E-state index contributed by atoms with van der Waals surface area (Å²) in [6.45, 7) is 0.670. The van der Waals surface area contributed by atoms with E-state index >= 15 is 0 Å². The number of para-hydroxylation sites is 1. The zero-order valence-electron chi connectivity index (χ0n) is 12.7. The van der Waals surface area contributed by atoms with Crippen LogP contribution in [0.3, 0.4) is 0 Å². The van der Waals surface area contributed by atoms with Gasteiger partial charge in [-0.25, -0.2) is 9.37 Å². The van der Waals surface area contributed by atoms with E-state index in [1.165, 1.54) is 17.6 Å². The van der Waals surface area contributed by atoms with Crippen LogP contribution < -0.4 is 10.1 Å². The molecule has 0 radical (unpaired) electrons. The molecule has 0 amide bonds. The third kappa shape index (κ3) is 4.86. The number of nitrogens with zero attached hydrogens (tertiary/aromatic N) is 1. The van der Waals surface area contributed by atoms with Crippen molar-refractivity contribution in [2.45, 2.75) is 12.6 Å².